The summed E-state index contributed by atoms with van der Waals surface area (Å²) in [6.45, 7) is 5.86. The maximum Gasteiger partial charge on any atom is 0.355 e. The van der Waals surface area contributed by atoms with Gasteiger partial charge in [0.05, 0.1) is 24.0 Å². The lowest BCUT2D eigenvalue weighted by Crippen LogP contribution is -2.73. The third-order valence-electron chi connectivity index (χ3n) is 10.0. The van der Waals surface area contributed by atoms with Crippen molar-refractivity contribution in [1.82, 2.24) is 15.2 Å². The Hall–Kier alpha value is -3.21. The average molecular weight is 838 g/mol. The van der Waals surface area contributed by atoms with Gasteiger partial charge in [-0.15, -0.1) is 11.3 Å². The fourth-order valence-corrected chi connectivity index (χ4v) is 8.92. The number of carbonyl (C=O) groups excluding carboxylic acids is 4. The molecule has 1 aromatic heterocycles. The van der Waals surface area contributed by atoms with E-state index in [1.165, 1.54) is 121 Å². The van der Waals surface area contributed by atoms with Crippen molar-refractivity contribution in [2.45, 2.75) is 160 Å². The largest absolute Gasteiger partial charge is 0.453 e. The van der Waals surface area contributed by atoms with Gasteiger partial charge in [0, 0.05) is 24.3 Å². The van der Waals surface area contributed by atoms with Gasteiger partial charge in [-0.3, -0.25) is 23.5 Å². The lowest BCUT2D eigenvalue weighted by atomic mass is 10.0. The summed E-state index contributed by atoms with van der Waals surface area (Å²) in [5.74, 6) is -2.17. The number of hydrogen-bond acceptors (Lipinski definition) is 12. The van der Waals surface area contributed by atoms with E-state index in [0.717, 1.165) is 41.9 Å². The van der Waals surface area contributed by atoms with Crippen LogP contribution in [0.5, 0.6) is 0 Å². The standard InChI is InChI=1S/C41H67N5O9S2/c1-4-6-8-10-12-14-16-18-20-22-25-53-28-32(29-54-26-23-21-19-17-15-13-11-9-7-5-2)55-40(50)34-24-27-57(51)39-36(38(49)46(34)39)44-37(48)35(45-52-3)33-30-56-41(43-33)42-31-47/h24,30-32,36,39H,4-23,25-29H2,1-3H3,(H,44,48)(H,42,43,47)/t36?,39-,57?/m1/s1. The first-order valence-electron chi connectivity index (χ1n) is 21.2. The zero-order valence-corrected chi connectivity index (χ0v) is 36.1. The molecule has 0 bridgehead atoms. The number of carbonyl (C=O) groups is 4. The van der Waals surface area contributed by atoms with E-state index in [9.17, 15) is 23.4 Å². The Labute approximate surface area is 346 Å². The lowest BCUT2D eigenvalue weighted by molar-refractivity contribution is -0.159. The first kappa shape index (κ1) is 48.2. The van der Waals surface area contributed by atoms with E-state index in [2.05, 4.69) is 34.6 Å². The molecule has 16 heteroatoms. The van der Waals surface area contributed by atoms with Crippen LogP contribution in [0.1, 0.15) is 148 Å². The maximum atomic E-state index is 13.6. The summed E-state index contributed by atoms with van der Waals surface area (Å²) < 4.78 is 30.9. The van der Waals surface area contributed by atoms with Gasteiger partial charge >= 0.3 is 5.97 Å². The summed E-state index contributed by atoms with van der Waals surface area (Å²) in [5, 5.41) is 9.47. The summed E-state index contributed by atoms with van der Waals surface area (Å²) >= 11 is 1.07. The highest BCUT2D eigenvalue weighted by molar-refractivity contribution is 7.86. The van der Waals surface area contributed by atoms with Crippen molar-refractivity contribution in [2.24, 2.45) is 5.16 Å². The normalized spacial score (nSPS) is 17.9. The number of nitrogens with zero attached hydrogens (tertiary/aromatic N) is 3. The van der Waals surface area contributed by atoms with E-state index in [4.69, 9.17) is 19.0 Å². The molecule has 0 saturated carbocycles. The molecule has 2 unspecified atom stereocenters. The zero-order chi connectivity index (χ0) is 41.1. The van der Waals surface area contributed by atoms with Crippen molar-refractivity contribution >= 4 is 57.2 Å². The number of rotatable bonds is 34. The Kier molecular flexibility index (Phi) is 24.6. The highest BCUT2D eigenvalue weighted by Gasteiger charge is 2.56. The van der Waals surface area contributed by atoms with Gasteiger partial charge in [-0.2, -0.15) is 0 Å². The Morgan fingerprint density at radius 3 is 1.93 bits per heavy atom. The van der Waals surface area contributed by atoms with E-state index >= 15 is 0 Å². The van der Waals surface area contributed by atoms with Crippen molar-refractivity contribution in [3.63, 3.8) is 0 Å². The van der Waals surface area contributed by atoms with Crippen LogP contribution in [0.2, 0.25) is 0 Å². The Morgan fingerprint density at radius 1 is 0.895 bits per heavy atom. The summed E-state index contributed by atoms with van der Waals surface area (Å²) in [6, 6.07) is -1.19. The number of β-lactam (4-membered cyclic amide) rings is 1. The minimum absolute atomic E-state index is 0.00771. The van der Waals surface area contributed by atoms with E-state index in [1.807, 2.05) is 0 Å². The summed E-state index contributed by atoms with van der Waals surface area (Å²) in [4.78, 5) is 61.2. The Morgan fingerprint density at radius 2 is 1.42 bits per heavy atom. The highest BCUT2D eigenvalue weighted by Crippen LogP contribution is 2.33. The molecule has 3 amide bonds. The number of esters is 1. The Bertz CT molecular complexity index is 1410. The first-order chi connectivity index (χ1) is 27.9. The van der Waals surface area contributed by atoms with Crippen molar-refractivity contribution < 1.29 is 42.4 Å². The van der Waals surface area contributed by atoms with E-state index in [1.54, 1.807) is 0 Å². The van der Waals surface area contributed by atoms with Crippen LogP contribution in [0.3, 0.4) is 0 Å². The van der Waals surface area contributed by atoms with Crippen molar-refractivity contribution in [3.05, 3.63) is 22.8 Å². The molecule has 0 aliphatic carbocycles. The van der Waals surface area contributed by atoms with Gasteiger partial charge < -0.3 is 29.7 Å². The third-order valence-corrected chi connectivity index (χ3v) is 12.3. The summed E-state index contributed by atoms with van der Waals surface area (Å²) in [5.41, 5.74) is -0.161. The minimum atomic E-state index is -1.61. The van der Waals surface area contributed by atoms with Crippen molar-refractivity contribution in [1.29, 1.82) is 0 Å². The van der Waals surface area contributed by atoms with Crippen LogP contribution in [0.25, 0.3) is 0 Å². The molecular weight excluding hydrogens is 771 g/mol. The average Bonchev–Trinajstić information content (AvgIpc) is 3.67. The molecule has 1 aromatic rings. The van der Waals surface area contributed by atoms with Gasteiger partial charge in [0.2, 0.25) is 6.41 Å². The van der Waals surface area contributed by atoms with Crippen molar-refractivity contribution in [2.75, 3.05) is 44.6 Å². The number of nitrogens with one attached hydrogen (secondary N) is 2. The number of hydrogen-bond donors (Lipinski definition) is 2. The van der Waals surface area contributed by atoms with Crippen LogP contribution in [0.4, 0.5) is 5.13 Å². The summed E-state index contributed by atoms with van der Waals surface area (Å²) in [7, 11) is -0.359. The number of amides is 3. The molecule has 0 radical (unpaired) electrons. The van der Waals surface area contributed by atoms with Crippen LogP contribution < -0.4 is 10.6 Å². The molecule has 3 atom stereocenters. The molecular formula is C41H67N5O9S2. The minimum Gasteiger partial charge on any atom is -0.453 e. The second kappa shape index (κ2) is 29.1. The Balaban J connectivity index is 1.51. The second-order valence-corrected chi connectivity index (χ2v) is 17.1. The number of oxime groups is 1. The van der Waals surface area contributed by atoms with Crippen LogP contribution in [0, 0.1) is 0 Å². The van der Waals surface area contributed by atoms with Crippen LogP contribution in [-0.4, -0.2) is 101 Å². The molecule has 3 heterocycles. The van der Waals surface area contributed by atoms with Gasteiger partial charge in [0.15, 0.2) is 10.8 Å². The number of fused-ring (bicyclic) bond motifs is 1. The van der Waals surface area contributed by atoms with Gasteiger partial charge in [0.1, 0.15) is 36.0 Å². The SMILES string of the molecule is CCCCCCCCCCCCOCC(COCCCCCCCCCCCC)OC(=O)C1=CCS(=O)[C@@H]2C(NC(=O)C(=NOC)c3csc(NC=O)n3)C(=O)N12. The number of unbranched alkanes of at least 4 members (excludes halogenated alkanes) is 18. The zero-order valence-electron chi connectivity index (χ0n) is 34.5. The predicted octanol–water partition coefficient (Wildman–Crippen LogP) is 7.15. The molecule has 0 spiro atoms. The van der Waals surface area contributed by atoms with Crippen LogP contribution in [-0.2, 0) is 49.0 Å². The van der Waals surface area contributed by atoms with Crippen LogP contribution >= 0.6 is 11.3 Å². The molecule has 1 saturated heterocycles. The molecule has 2 aliphatic rings. The highest BCUT2D eigenvalue weighted by atomic mass is 32.2. The summed E-state index contributed by atoms with van der Waals surface area (Å²) in [6.07, 6.45) is 25.6. The quantitative estimate of drug-likeness (QED) is 0.0181. The molecule has 3 rings (SSSR count). The molecule has 1 fully saturated rings. The van der Waals surface area contributed by atoms with E-state index < -0.39 is 46.1 Å². The smallest absolute Gasteiger partial charge is 0.355 e. The van der Waals surface area contributed by atoms with Gasteiger partial charge in [-0.05, 0) is 18.9 Å². The number of ether oxygens (including phenoxy) is 3. The van der Waals surface area contributed by atoms with Gasteiger partial charge in [-0.25, -0.2) is 9.78 Å². The van der Waals surface area contributed by atoms with Gasteiger partial charge in [-0.1, -0.05) is 135 Å². The van der Waals surface area contributed by atoms with Crippen molar-refractivity contribution in [3.8, 4) is 0 Å². The fraction of sp³-hybridized carbons (Fsp3) is 0.756. The third kappa shape index (κ3) is 17.3. The number of thiazole rings is 1. The van der Waals surface area contributed by atoms with Gasteiger partial charge in [0.25, 0.3) is 11.8 Å². The first-order valence-corrected chi connectivity index (χ1v) is 23.5. The maximum absolute atomic E-state index is 13.6. The molecule has 14 nitrogen and oxygen atoms in total. The topological polar surface area (TPSA) is 175 Å². The molecule has 2 aliphatic heterocycles. The molecule has 322 valence electrons. The lowest BCUT2D eigenvalue weighted by Gasteiger charge is -2.48. The van der Waals surface area contributed by atoms with Crippen LogP contribution in [0.15, 0.2) is 22.3 Å². The molecule has 0 aromatic carbocycles. The van der Waals surface area contributed by atoms with E-state index in [-0.39, 0.29) is 41.2 Å². The van der Waals surface area contributed by atoms with E-state index in [0.29, 0.717) is 19.6 Å². The molecule has 2 N–H and O–H groups in total. The fourth-order valence-electron chi connectivity index (χ4n) is 6.81. The second-order valence-electron chi connectivity index (χ2n) is 14.7. The monoisotopic (exact) mass is 837 g/mol. The molecule has 57 heavy (non-hydrogen) atoms. The predicted molar refractivity (Wildman–Crippen MR) is 224 cm³/mol. The number of anilines is 1. The number of aromatic nitrogens is 1.